The minimum atomic E-state index is -0.528. The third-order valence-corrected chi connectivity index (χ3v) is 2.93. The van der Waals surface area contributed by atoms with Gasteiger partial charge in [-0.2, -0.15) is 5.10 Å². The SMILES string of the molecule is Cn1cc(-c2cc(Oc3ccc(N)cc3)c(F)cn2)cn1. The van der Waals surface area contributed by atoms with E-state index in [1.54, 1.807) is 54.5 Å². The maximum Gasteiger partial charge on any atom is 0.184 e. The molecule has 2 heterocycles. The number of nitrogens with two attached hydrogens (primary N) is 1. The highest BCUT2D eigenvalue weighted by Gasteiger charge is 2.10. The van der Waals surface area contributed by atoms with Gasteiger partial charge in [0.2, 0.25) is 0 Å². The predicted molar refractivity (Wildman–Crippen MR) is 77.3 cm³/mol. The van der Waals surface area contributed by atoms with Crippen LogP contribution < -0.4 is 10.5 Å². The molecule has 106 valence electrons. The molecule has 0 aliphatic heterocycles. The van der Waals surface area contributed by atoms with E-state index in [2.05, 4.69) is 10.1 Å². The zero-order chi connectivity index (χ0) is 14.8. The molecule has 5 nitrogen and oxygen atoms in total. The summed E-state index contributed by atoms with van der Waals surface area (Å²) in [5, 5.41) is 4.07. The maximum atomic E-state index is 13.8. The number of halogens is 1. The van der Waals surface area contributed by atoms with Crippen molar-refractivity contribution in [1.82, 2.24) is 14.8 Å². The molecule has 3 rings (SSSR count). The van der Waals surface area contributed by atoms with Crippen LogP contribution in [-0.2, 0) is 7.05 Å². The van der Waals surface area contributed by atoms with Crippen molar-refractivity contribution in [3.05, 3.63) is 54.7 Å². The number of hydrogen-bond acceptors (Lipinski definition) is 4. The Hall–Kier alpha value is -2.89. The Morgan fingerprint density at radius 2 is 1.95 bits per heavy atom. The lowest BCUT2D eigenvalue weighted by Gasteiger charge is -2.08. The summed E-state index contributed by atoms with van der Waals surface area (Å²) in [4.78, 5) is 4.05. The van der Waals surface area contributed by atoms with Gasteiger partial charge in [-0.05, 0) is 24.3 Å². The van der Waals surface area contributed by atoms with Crippen LogP contribution in [0.2, 0.25) is 0 Å². The van der Waals surface area contributed by atoms with E-state index in [1.165, 1.54) is 0 Å². The Labute approximate surface area is 120 Å². The number of aromatic nitrogens is 3. The van der Waals surface area contributed by atoms with Crippen molar-refractivity contribution in [1.29, 1.82) is 0 Å². The quantitative estimate of drug-likeness (QED) is 0.751. The van der Waals surface area contributed by atoms with Gasteiger partial charge in [0, 0.05) is 30.6 Å². The van der Waals surface area contributed by atoms with Crippen LogP contribution in [0.3, 0.4) is 0 Å². The molecule has 2 aromatic heterocycles. The predicted octanol–water partition coefficient (Wildman–Crippen LogP) is 3.00. The molecule has 0 unspecified atom stereocenters. The Morgan fingerprint density at radius 3 is 2.62 bits per heavy atom. The first-order valence-corrected chi connectivity index (χ1v) is 6.30. The van der Waals surface area contributed by atoms with Crippen molar-refractivity contribution < 1.29 is 9.13 Å². The average molecular weight is 284 g/mol. The lowest BCUT2D eigenvalue weighted by molar-refractivity contribution is 0.440. The molecule has 0 fully saturated rings. The summed E-state index contributed by atoms with van der Waals surface area (Å²) in [6.07, 6.45) is 4.59. The van der Waals surface area contributed by atoms with E-state index in [0.29, 0.717) is 17.1 Å². The molecule has 0 aliphatic carbocycles. The first kappa shape index (κ1) is 13.1. The molecule has 0 saturated heterocycles. The van der Waals surface area contributed by atoms with Crippen LogP contribution in [0.4, 0.5) is 10.1 Å². The minimum absolute atomic E-state index is 0.105. The van der Waals surface area contributed by atoms with Gasteiger partial charge in [0.1, 0.15) is 5.75 Å². The molecule has 0 spiro atoms. The monoisotopic (exact) mass is 284 g/mol. The number of ether oxygens (including phenoxy) is 1. The third-order valence-electron chi connectivity index (χ3n) is 2.93. The molecule has 0 aliphatic rings. The lowest BCUT2D eigenvalue weighted by Crippen LogP contribution is -1.92. The minimum Gasteiger partial charge on any atom is -0.454 e. The molecule has 0 bridgehead atoms. The highest BCUT2D eigenvalue weighted by atomic mass is 19.1. The first-order valence-electron chi connectivity index (χ1n) is 6.30. The summed E-state index contributed by atoms with van der Waals surface area (Å²) in [7, 11) is 1.80. The fourth-order valence-electron chi connectivity index (χ4n) is 1.87. The smallest absolute Gasteiger partial charge is 0.184 e. The highest BCUT2D eigenvalue weighted by molar-refractivity contribution is 5.59. The van der Waals surface area contributed by atoms with Crippen LogP contribution in [0, 0.1) is 5.82 Å². The molecule has 0 saturated carbocycles. The molecule has 21 heavy (non-hydrogen) atoms. The standard InChI is InChI=1S/C15H13FN4O/c1-20-9-10(7-19-20)14-6-15(13(16)8-18-14)21-12-4-2-11(17)3-5-12/h2-9H,17H2,1H3. The second-order valence-corrected chi connectivity index (χ2v) is 4.57. The summed E-state index contributed by atoms with van der Waals surface area (Å²) in [5.41, 5.74) is 7.61. The number of hydrogen-bond donors (Lipinski definition) is 1. The van der Waals surface area contributed by atoms with Crippen LogP contribution in [0.15, 0.2) is 48.9 Å². The van der Waals surface area contributed by atoms with E-state index in [1.807, 2.05) is 0 Å². The molecular weight excluding hydrogens is 271 g/mol. The average Bonchev–Trinajstić information content (AvgIpc) is 2.90. The fourth-order valence-corrected chi connectivity index (χ4v) is 1.87. The number of anilines is 1. The summed E-state index contributed by atoms with van der Waals surface area (Å²) < 4.78 is 21.0. The molecule has 0 radical (unpaired) electrons. The number of benzene rings is 1. The Bertz CT molecular complexity index is 768. The van der Waals surface area contributed by atoms with Gasteiger partial charge in [0.15, 0.2) is 11.6 Å². The Balaban J connectivity index is 1.92. The van der Waals surface area contributed by atoms with Gasteiger partial charge in [-0.15, -0.1) is 0 Å². The summed E-state index contributed by atoms with van der Waals surface area (Å²) in [6.45, 7) is 0. The summed E-state index contributed by atoms with van der Waals surface area (Å²) in [5.74, 6) is 0.0829. The molecule has 2 N–H and O–H groups in total. The van der Waals surface area contributed by atoms with E-state index >= 15 is 0 Å². The second kappa shape index (κ2) is 5.24. The van der Waals surface area contributed by atoms with Gasteiger partial charge in [0.25, 0.3) is 0 Å². The van der Waals surface area contributed by atoms with E-state index in [-0.39, 0.29) is 5.75 Å². The topological polar surface area (TPSA) is 66.0 Å². The molecule has 3 aromatic rings. The Kier molecular flexibility index (Phi) is 3.27. The summed E-state index contributed by atoms with van der Waals surface area (Å²) in [6, 6.07) is 8.29. The van der Waals surface area contributed by atoms with Crippen LogP contribution in [0.1, 0.15) is 0 Å². The lowest BCUT2D eigenvalue weighted by atomic mass is 10.2. The maximum absolute atomic E-state index is 13.8. The Morgan fingerprint density at radius 1 is 1.19 bits per heavy atom. The molecular formula is C15H13FN4O. The fraction of sp³-hybridized carbons (Fsp3) is 0.0667. The van der Waals surface area contributed by atoms with Crippen LogP contribution in [0.5, 0.6) is 11.5 Å². The van der Waals surface area contributed by atoms with Gasteiger partial charge in [0.05, 0.1) is 18.1 Å². The molecule has 0 amide bonds. The van der Waals surface area contributed by atoms with Crippen molar-refractivity contribution in [3.8, 4) is 22.8 Å². The van der Waals surface area contributed by atoms with Gasteiger partial charge >= 0.3 is 0 Å². The van der Waals surface area contributed by atoms with E-state index in [4.69, 9.17) is 10.5 Å². The molecule has 6 heteroatoms. The van der Waals surface area contributed by atoms with Gasteiger partial charge in [-0.3, -0.25) is 9.67 Å². The van der Waals surface area contributed by atoms with Crippen molar-refractivity contribution >= 4 is 5.69 Å². The number of rotatable bonds is 3. The normalized spacial score (nSPS) is 10.6. The number of pyridine rings is 1. The van der Waals surface area contributed by atoms with E-state index in [9.17, 15) is 4.39 Å². The van der Waals surface area contributed by atoms with Crippen molar-refractivity contribution in [3.63, 3.8) is 0 Å². The zero-order valence-electron chi connectivity index (χ0n) is 11.3. The highest BCUT2D eigenvalue weighted by Crippen LogP contribution is 2.28. The van der Waals surface area contributed by atoms with Gasteiger partial charge in [-0.25, -0.2) is 4.39 Å². The van der Waals surface area contributed by atoms with E-state index < -0.39 is 5.82 Å². The van der Waals surface area contributed by atoms with Gasteiger partial charge in [-0.1, -0.05) is 0 Å². The largest absolute Gasteiger partial charge is 0.454 e. The van der Waals surface area contributed by atoms with Crippen molar-refractivity contribution in [2.45, 2.75) is 0 Å². The van der Waals surface area contributed by atoms with Gasteiger partial charge < -0.3 is 10.5 Å². The van der Waals surface area contributed by atoms with Crippen LogP contribution in [0.25, 0.3) is 11.3 Å². The number of aryl methyl sites for hydroxylation is 1. The summed E-state index contributed by atoms with van der Waals surface area (Å²) >= 11 is 0. The zero-order valence-corrected chi connectivity index (χ0v) is 11.3. The van der Waals surface area contributed by atoms with Crippen LogP contribution >= 0.6 is 0 Å². The second-order valence-electron chi connectivity index (χ2n) is 4.57. The first-order chi connectivity index (χ1) is 10.1. The number of nitrogen functional groups attached to an aromatic ring is 1. The van der Waals surface area contributed by atoms with Crippen molar-refractivity contribution in [2.24, 2.45) is 7.05 Å². The van der Waals surface area contributed by atoms with E-state index in [0.717, 1.165) is 11.8 Å². The molecule has 0 atom stereocenters. The van der Waals surface area contributed by atoms with Crippen LogP contribution in [-0.4, -0.2) is 14.8 Å². The molecule has 1 aromatic carbocycles. The van der Waals surface area contributed by atoms with Crippen molar-refractivity contribution in [2.75, 3.05) is 5.73 Å². The number of nitrogens with zero attached hydrogens (tertiary/aromatic N) is 3. The third kappa shape index (κ3) is 2.84.